The molecule has 0 spiro atoms. The number of para-hydroxylation sites is 1. The number of amides is 2. The number of halogens is 1. The minimum absolute atomic E-state index is 0.0000869. The molecule has 1 heterocycles. The van der Waals surface area contributed by atoms with E-state index in [4.69, 9.17) is 0 Å². The van der Waals surface area contributed by atoms with Gasteiger partial charge in [0.2, 0.25) is 5.91 Å². The first-order valence-corrected chi connectivity index (χ1v) is 6.99. The molecule has 0 atom stereocenters. The van der Waals surface area contributed by atoms with Gasteiger partial charge in [-0.1, -0.05) is 18.2 Å². The number of anilines is 2. The molecule has 2 amide bonds. The van der Waals surface area contributed by atoms with Crippen LogP contribution >= 0.6 is 0 Å². The number of hydrogen-bond donors (Lipinski definition) is 3. The summed E-state index contributed by atoms with van der Waals surface area (Å²) in [5, 5.41) is 5.94. The maximum atomic E-state index is 13.8. The van der Waals surface area contributed by atoms with Crippen molar-refractivity contribution in [3.8, 4) is 0 Å². The molecule has 0 bridgehead atoms. The fourth-order valence-electron chi connectivity index (χ4n) is 2.29. The second kappa shape index (κ2) is 5.92. The maximum absolute atomic E-state index is 13.8. The summed E-state index contributed by atoms with van der Waals surface area (Å²) in [6.07, 6.45) is 0. The summed E-state index contributed by atoms with van der Waals surface area (Å²) in [5.41, 5.74) is 1.56. The number of carbonyl (C=O) groups excluding carboxylic acids is 2. The fraction of sp³-hybridized carbons (Fsp3) is 0.0588. The normalized spacial score (nSPS) is 10.5. The van der Waals surface area contributed by atoms with Crippen molar-refractivity contribution in [1.82, 2.24) is 4.98 Å². The van der Waals surface area contributed by atoms with Crippen molar-refractivity contribution < 1.29 is 14.0 Å². The van der Waals surface area contributed by atoms with Crippen LogP contribution in [-0.2, 0) is 4.79 Å². The van der Waals surface area contributed by atoms with Gasteiger partial charge in [0.25, 0.3) is 5.91 Å². The Labute approximate surface area is 131 Å². The molecule has 0 radical (unpaired) electrons. The second-order valence-corrected chi connectivity index (χ2v) is 5.10. The third-order valence-corrected chi connectivity index (χ3v) is 3.31. The first-order chi connectivity index (χ1) is 11.0. The Bertz CT molecular complexity index is 869. The van der Waals surface area contributed by atoms with Crippen LogP contribution < -0.4 is 10.6 Å². The van der Waals surface area contributed by atoms with Gasteiger partial charge in [-0.05, 0) is 30.3 Å². The Morgan fingerprint density at radius 3 is 2.57 bits per heavy atom. The van der Waals surface area contributed by atoms with Gasteiger partial charge < -0.3 is 15.6 Å². The summed E-state index contributed by atoms with van der Waals surface area (Å²) >= 11 is 0. The maximum Gasteiger partial charge on any atom is 0.272 e. The summed E-state index contributed by atoms with van der Waals surface area (Å²) < 4.78 is 13.8. The van der Waals surface area contributed by atoms with Crippen LogP contribution in [-0.4, -0.2) is 16.8 Å². The van der Waals surface area contributed by atoms with Gasteiger partial charge in [0.15, 0.2) is 0 Å². The monoisotopic (exact) mass is 311 g/mol. The van der Waals surface area contributed by atoms with Crippen molar-refractivity contribution in [3.63, 3.8) is 0 Å². The van der Waals surface area contributed by atoms with Gasteiger partial charge in [-0.15, -0.1) is 0 Å². The summed E-state index contributed by atoms with van der Waals surface area (Å²) in [4.78, 5) is 26.3. The molecular weight excluding hydrogens is 297 g/mol. The summed E-state index contributed by atoms with van der Waals surface area (Å²) in [5.74, 6) is -1.31. The highest BCUT2D eigenvalue weighted by Gasteiger charge is 2.12. The lowest BCUT2D eigenvalue weighted by atomic mass is 10.2. The summed E-state index contributed by atoms with van der Waals surface area (Å²) in [6, 6.07) is 13.1. The van der Waals surface area contributed by atoms with E-state index in [9.17, 15) is 14.0 Å². The van der Waals surface area contributed by atoms with E-state index >= 15 is 0 Å². The quantitative estimate of drug-likeness (QED) is 0.692. The molecule has 23 heavy (non-hydrogen) atoms. The van der Waals surface area contributed by atoms with E-state index in [-0.39, 0.29) is 11.6 Å². The predicted octanol–water partition coefficient (Wildman–Crippen LogP) is 3.52. The predicted molar refractivity (Wildman–Crippen MR) is 87.0 cm³/mol. The van der Waals surface area contributed by atoms with Crippen LogP contribution in [0.2, 0.25) is 0 Å². The van der Waals surface area contributed by atoms with Crippen LogP contribution in [0.4, 0.5) is 15.8 Å². The molecule has 1 aromatic heterocycles. The molecule has 3 rings (SSSR count). The van der Waals surface area contributed by atoms with Crippen molar-refractivity contribution in [2.45, 2.75) is 6.92 Å². The second-order valence-electron chi connectivity index (χ2n) is 5.10. The Hall–Kier alpha value is -3.15. The van der Waals surface area contributed by atoms with Crippen LogP contribution in [0.3, 0.4) is 0 Å². The Balaban J connectivity index is 1.85. The van der Waals surface area contributed by atoms with Crippen molar-refractivity contribution in [2.75, 3.05) is 10.6 Å². The van der Waals surface area contributed by atoms with Crippen LogP contribution in [0.5, 0.6) is 0 Å². The molecule has 0 unspecified atom stereocenters. The average Bonchev–Trinajstić information content (AvgIpc) is 2.94. The zero-order chi connectivity index (χ0) is 16.4. The molecule has 0 fully saturated rings. The average molecular weight is 311 g/mol. The Kier molecular flexibility index (Phi) is 3.80. The van der Waals surface area contributed by atoms with Gasteiger partial charge in [-0.25, -0.2) is 4.39 Å². The van der Waals surface area contributed by atoms with Crippen LogP contribution in [0.1, 0.15) is 17.4 Å². The van der Waals surface area contributed by atoms with Gasteiger partial charge in [0.05, 0.1) is 5.69 Å². The van der Waals surface area contributed by atoms with E-state index in [0.717, 1.165) is 10.9 Å². The SMILES string of the molecule is CC(=O)Nc1ccc(F)c(NC(=O)c2cc3ccccc3[nH]2)c1. The molecule has 3 N–H and O–H groups in total. The summed E-state index contributed by atoms with van der Waals surface area (Å²) in [7, 11) is 0. The van der Waals surface area contributed by atoms with E-state index in [1.54, 1.807) is 6.07 Å². The van der Waals surface area contributed by atoms with Crippen molar-refractivity contribution >= 4 is 34.1 Å². The lowest BCUT2D eigenvalue weighted by molar-refractivity contribution is -0.114. The highest BCUT2D eigenvalue weighted by Crippen LogP contribution is 2.21. The van der Waals surface area contributed by atoms with E-state index in [0.29, 0.717) is 11.4 Å². The molecular formula is C17H14FN3O2. The van der Waals surface area contributed by atoms with E-state index in [1.165, 1.54) is 25.1 Å². The van der Waals surface area contributed by atoms with Gasteiger partial charge in [-0.2, -0.15) is 0 Å². The molecule has 0 saturated carbocycles. The molecule has 0 saturated heterocycles. The Morgan fingerprint density at radius 1 is 1.04 bits per heavy atom. The standard InChI is InChI=1S/C17H14FN3O2/c1-10(22)19-12-6-7-13(18)15(9-12)21-17(23)16-8-11-4-2-3-5-14(11)20-16/h2-9,20H,1H3,(H,19,22)(H,21,23). The van der Waals surface area contributed by atoms with Crippen LogP contribution in [0.25, 0.3) is 10.9 Å². The first kappa shape index (κ1) is 14.8. The highest BCUT2D eigenvalue weighted by atomic mass is 19.1. The minimum atomic E-state index is -0.580. The topological polar surface area (TPSA) is 74.0 Å². The lowest BCUT2D eigenvalue weighted by Gasteiger charge is -2.08. The number of rotatable bonds is 3. The molecule has 3 aromatic rings. The molecule has 0 aliphatic heterocycles. The zero-order valence-electron chi connectivity index (χ0n) is 12.3. The highest BCUT2D eigenvalue weighted by molar-refractivity contribution is 6.06. The number of aromatic amines is 1. The Morgan fingerprint density at radius 2 is 1.83 bits per heavy atom. The van der Waals surface area contributed by atoms with Crippen molar-refractivity contribution in [1.29, 1.82) is 0 Å². The third kappa shape index (κ3) is 3.21. The number of carbonyl (C=O) groups is 2. The lowest BCUT2D eigenvalue weighted by Crippen LogP contribution is -2.14. The number of H-pyrrole nitrogens is 1. The minimum Gasteiger partial charge on any atom is -0.351 e. The molecule has 116 valence electrons. The molecule has 0 aliphatic carbocycles. The largest absolute Gasteiger partial charge is 0.351 e. The van der Waals surface area contributed by atoms with Crippen molar-refractivity contribution in [3.05, 3.63) is 60.0 Å². The van der Waals surface area contributed by atoms with E-state index in [1.807, 2.05) is 24.3 Å². The van der Waals surface area contributed by atoms with E-state index < -0.39 is 11.7 Å². The van der Waals surface area contributed by atoms with Gasteiger partial charge in [0, 0.05) is 23.5 Å². The number of aromatic nitrogens is 1. The van der Waals surface area contributed by atoms with Crippen LogP contribution in [0.15, 0.2) is 48.5 Å². The molecule has 6 heteroatoms. The number of nitrogens with one attached hydrogen (secondary N) is 3. The molecule has 0 aliphatic rings. The first-order valence-electron chi connectivity index (χ1n) is 6.99. The zero-order valence-corrected chi connectivity index (χ0v) is 12.3. The number of fused-ring (bicyclic) bond motifs is 1. The molecule has 2 aromatic carbocycles. The third-order valence-electron chi connectivity index (χ3n) is 3.31. The smallest absolute Gasteiger partial charge is 0.272 e. The summed E-state index contributed by atoms with van der Waals surface area (Å²) in [6.45, 7) is 1.35. The van der Waals surface area contributed by atoms with Gasteiger partial charge >= 0.3 is 0 Å². The number of hydrogen-bond acceptors (Lipinski definition) is 2. The van der Waals surface area contributed by atoms with E-state index in [2.05, 4.69) is 15.6 Å². The van der Waals surface area contributed by atoms with Gasteiger partial charge in [-0.3, -0.25) is 9.59 Å². The number of benzene rings is 2. The fourth-order valence-corrected chi connectivity index (χ4v) is 2.29. The van der Waals surface area contributed by atoms with Gasteiger partial charge in [0.1, 0.15) is 11.5 Å². The van der Waals surface area contributed by atoms with Crippen LogP contribution in [0, 0.1) is 5.82 Å². The van der Waals surface area contributed by atoms with Crippen molar-refractivity contribution in [2.24, 2.45) is 0 Å². The molecule has 5 nitrogen and oxygen atoms in total.